The Bertz CT molecular complexity index is 1130. The highest BCUT2D eigenvalue weighted by Gasteiger charge is 1.99. The lowest BCUT2D eigenvalue weighted by atomic mass is 10.2. The predicted molar refractivity (Wildman–Crippen MR) is 101 cm³/mol. The van der Waals surface area contributed by atoms with Gasteiger partial charge in [-0.1, -0.05) is 36.4 Å². The van der Waals surface area contributed by atoms with E-state index in [4.69, 9.17) is 4.42 Å². The summed E-state index contributed by atoms with van der Waals surface area (Å²) in [6.45, 7) is 0. The molecule has 0 saturated carbocycles. The zero-order chi connectivity index (χ0) is 18.2. The zero-order valence-corrected chi connectivity index (χ0v) is 14.4. The van der Waals surface area contributed by atoms with Crippen LogP contribution in [0.15, 0.2) is 92.0 Å². The molecule has 5 rings (SSSR count). The Hall–Kier alpha value is -3.38. The minimum atomic E-state index is -0.302. The molecule has 0 atom stereocenters. The molecule has 4 aromatic rings. The van der Waals surface area contributed by atoms with Crippen molar-refractivity contribution in [3.63, 3.8) is 0 Å². The summed E-state index contributed by atoms with van der Waals surface area (Å²) in [5, 5.41) is 4.59. The number of amides is 1. The molecular formula is C20H14N2O3S. The molecule has 5 nitrogen and oxygen atoms in total. The van der Waals surface area contributed by atoms with Crippen molar-refractivity contribution in [3.05, 3.63) is 98.7 Å². The summed E-state index contributed by atoms with van der Waals surface area (Å²) in [7, 11) is 0. The van der Waals surface area contributed by atoms with E-state index in [9.17, 15) is 9.59 Å². The van der Waals surface area contributed by atoms with Crippen LogP contribution in [0.4, 0.5) is 0 Å². The van der Waals surface area contributed by atoms with E-state index in [1.807, 2.05) is 47.8 Å². The number of aromatic nitrogens is 1. The SMILES string of the molecule is O=C1C=c2ccccc2=N1.O=c1ccc2ccccc2o1.c1cscn1. The van der Waals surface area contributed by atoms with Crippen LogP contribution < -0.4 is 16.2 Å². The van der Waals surface area contributed by atoms with Crippen LogP contribution in [-0.2, 0) is 4.79 Å². The number of para-hydroxylation sites is 2. The molecule has 0 unspecified atom stereocenters. The monoisotopic (exact) mass is 362 g/mol. The lowest BCUT2D eigenvalue weighted by Crippen LogP contribution is -2.19. The first-order chi connectivity index (χ1) is 12.7. The highest BCUT2D eigenvalue weighted by atomic mass is 32.1. The average Bonchev–Trinajstić information content (AvgIpc) is 3.34. The van der Waals surface area contributed by atoms with Crippen LogP contribution in [0.5, 0.6) is 0 Å². The molecule has 6 heteroatoms. The number of fused-ring (bicyclic) bond motifs is 2. The highest BCUT2D eigenvalue weighted by Crippen LogP contribution is 2.08. The summed E-state index contributed by atoms with van der Waals surface area (Å²) >= 11 is 1.60. The molecule has 1 aliphatic rings. The first-order valence-electron chi connectivity index (χ1n) is 7.73. The van der Waals surface area contributed by atoms with E-state index in [1.54, 1.807) is 35.2 Å². The van der Waals surface area contributed by atoms with Crippen molar-refractivity contribution in [2.75, 3.05) is 0 Å². The highest BCUT2D eigenvalue weighted by molar-refractivity contribution is 7.07. The van der Waals surface area contributed by atoms with Crippen molar-refractivity contribution in [1.29, 1.82) is 0 Å². The molecule has 0 aliphatic carbocycles. The standard InChI is InChI=1S/C9H6O2.C8H5NO.C3H3NS/c10-9-6-5-7-3-1-2-4-8(7)11-9;10-8-5-6-3-1-2-4-7(6)9-8;1-2-5-3-4-1/h1-6H;1-5H;1-3H. The zero-order valence-electron chi connectivity index (χ0n) is 13.6. The number of carbonyl (C=O) groups excluding carboxylic acids is 1. The van der Waals surface area contributed by atoms with Crippen molar-refractivity contribution in [1.82, 2.24) is 4.98 Å². The Kier molecular flexibility index (Phi) is 5.80. The molecule has 1 amide bonds. The maximum atomic E-state index is 10.7. The van der Waals surface area contributed by atoms with Gasteiger partial charge in [-0.2, -0.15) is 0 Å². The smallest absolute Gasteiger partial charge is 0.336 e. The van der Waals surface area contributed by atoms with Crippen LogP contribution in [0.25, 0.3) is 17.0 Å². The molecule has 2 aromatic heterocycles. The number of carbonyl (C=O) groups is 1. The fourth-order valence-corrected chi connectivity index (χ4v) is 2.53. The van der Waals surface area contributed by atoms with Gasteiger partial charge >= 0.3 is 5.63 Å². The second-order valence-electron chi connectivity index (χ2n) is 5.12. The van der Waals surface area contributed by atoms with Gasteiger partial charge in [0.25, 0.3) is 5.91 Å². The largest absolute Gasteiger partial charge is 0.423 e. The second-order valence-corrected chi connectivity index (χ2v) is 5.88. The van der Waals surface area contributed by atoms with E-state index in [0.29, 0.717) is 5.58 Å². The van der Waals surface area contributed by atoms with E-state index in [-0.39, 0.29) is 11.5 Å². The van der Waals surface area contributed by atoms with Gasteiger partial charge in [0.05, 0.1) is 10.9 Å². The Morgan fingerprint density at radius 1 is 0.885 bits per heavy atom. The third-order valence-corrected chi connectivity index (χ3v) is 3.84. The molecule has 1 aliphatic heterocycles. The summed E-state index contributed by atoms with van der Waals surface area (Å²) in [6, 6.07) is 18.1. The fourth-order valence-electron chi connectivity index (χ4n) is 2.18. The van der Waals surface area contributed by atoms with E-state index in [1.165, 1.54) is 12.1 Å². The first kappa shape index (κ1) is 17.4. The molecule has 2 aromatic carbocycles. The summed E-state index contributed by atoms with van der Waals surface area (Å²) in [5.74, 6) is -0.152. The minimum Gasteiger partial charge on any atom is -0.423 e. The lowest BCUT2D eigenvalue weighted by molar-refractivity contribution is -0.112. The van der Waals surface area contributed by atoms with Crippen molar-refractivity contribution < 1.29 is 9.21 Å². The van der Waals surface area contributed by atoms with E-state index in [2.05, 4.69) is 9.98 Å². The summed E-state index contributed by atoms with van der Waals surface area (Å²) in [4.78, 5) is 28.9. The number of nitrogens with zero attached hydrogens (tertiary/aromatic N) is 2. The van der Waals surface area contributed by atoms with E-state index < -0.39 is 0 Å². The molecule has 0 radical (unpaired) electrons. The lowest BCUT2D eigenvalue weighted by Gasteiger charge is -1.91. The molecule has 128 valence electrons. The van der Waals surface area contributed by atoms with E-state index in [0.717, 1.165) is 16.0 Å². The second kappa shape index (κ2) is 8.64. The van der Waals surface area contributed by atoms with Gasteiger partial charge in [-0.05, 0) is 18.2 Å². The third kappa shape index (κ3) is 4.81. The van der Waals surface area contributed by atoms with Crippen molar-refractivity contribution in [2.45, 2.75) is 0 Å². The van der Waals surface area contributed by atoms with Gasteiger partial charge in [0.15, 0.2) is 0 Å². The summed E-state index contributed by atoms with van der Waals surface area (Å²) < 4.78 is 4.91. The number of hydrogen-bond acceptors (Lipinski definition) is 5. The summed E-state index contributed by atoms with van der Waals surface area (Å²) in [6.07, 6.45) is 3.31. The van der Waals surface area contributed by atoms with Gasteiger partial charge in [-0.15, -0.1) is 11.3 Å². The molecule has 3 heterocycles. The van der Waals surface area contributed by atoms with Crippen molar-refractivity contribution in [2.24, 2.45) is 4.99 Å². The summed E-state index contributed by atoms with van der Waals surface area (Å²) in [5.41, 5.74) is 2.13. The van der Waals surface area contributed by atoms with Crippen molar-refractivity contribution >= 4 is 34.3 Å². The maximum absolute atomic E-state index is 10.7. The topological polar surface area (TPSA) is 72.5 Å². The average molecular weight is 362 g/mol. The van der Waals surface area contributed by atoms with Crippen LogP contribution in [0.3, 0.4) is 0 Å². The Balaban J connectivity index is 0.000000121. The first-order valence-corrected chi connectivity index (χ1v) is 8.67. The molecule has 0 spiro atoms. The minimum absolute atomic E-state index is 0.152. The molecule has 26 heavy (non-hydrogen) atoms. The van der Waals surface area contributed by atoms with Gasteiger partial charge in [-0.25, -0.2) is 9.79 Å². The molecular weight excluding hydrogens is 348 g/mol. The van der Waals surface area contributed by atoms with Gasteiger partial charge in [-0.3, -0.25) is 9.78 Å². The number of rotatable bonds is 0. The van der Waals surface area contributed by atoms with Crippen LogP contribution in [-0.4, -0.2) is 10.9 Å². The maximum Gasteiger partial charge on any atom is 0.336 e. The van der Waals surface area contributed by atoms with Crippen LogP contribution >= 0.6 is 11.3 Å². The number of thiazole rings is 1. The van der Waals surface area contributed by atoms with E-state index >= 15 is 0 Å². The fraction of sp³-hybridized carbons (Fsp3) is 0. The Morgan fingerprint density at radius 3 is 2.42 bits per heavy atom. The van der Waals surface area contributed by atoms with Crippen LogP contribution in [0.2, 0.25) is 0 Å². The Labute approximate surface area is 152 Å². The van der Waals surface area contributed by atoms with Gasteiger partial charge < -0.3 is 4.42 Å². The predicted octanol–water partition coefficient (Wildman–Crippen LogP) is 2.56. The number of benzene rings is 2. The van der Waals surface area contributed by atoms with Gasteiger partial charge in [0.1, 0.15) is 5.58 Å². The molecule has 0 fully saturated rings. The van der Waals surface area contributed by atoms with Crippen LogP contribution in [0, 0.1) is 0 Å². The van der Waals surface area contributed by atoms with Crippen molar-refractivity contribution in [3.8, 4) is 0 Å². The number of hydrogen-bond donors (Lipinski definition) is 0. The van der Waals surface area contributed by atoms with Crippen LogP contribution in [0.1, 0.15) is 0 Å². The normalized spacial score (nSPS) is 11.2. The molecule has 0 saturated heterocycles. The van der Waals surface area contributed by atoms with Gasteiger partial charge in [0.2, 0.25) is 0 Å². The molecule has 0 N–H and O–H groups in total. The third-order valence-electron chi connectivity index (χ3n) is 3.32. The molecule has 0 bridgehead atoms. The quantitative estimate of drug-likeness (QED) is 0.451. The van der Waals surface area contributed by atoms with Gasteiger partial charge in [0, 0.05) is 34.3 Å². The Morgan fingerprint density at radius 2 is 1.69 bits per heavy atom.